The first kappa shape index (κ1) is 13.3. The maximum atomic E-state index is 5.85. The van der Waals surface area contributed by atoms with Crippen LogP contribution in [0.5, 0.6) is 0 Å². The summed E-state index contributed by atoms with van der Waals surface area (Å²) in [7, 11) is 2.05. The minimum absolute atomic E-state index is 0.0979. The number of nitrogens with zero attached hydrogens (tertiary/aromatic N) is 2. The number of aromatic nitrogens is 1. The van der Waals surface area contributed by atoms with E-state index in [1.165, 1.54) is 0 Å². The summed E-state index contributed by atoms with van der Waals surface area (Å²) >= 11 is 1.67. The second-order valence-corrected chi connectivity index (χ2v) is 5.54. The van der Waals surface area contributed by atoms with E-state index in [1.807, 2.05) is 33.0 Å². The van der Waals surface area contributed by atoms with Gasteiger partial charge in [-0.25, -0.2) is 4.98 Å². The van der Waals surface area contributed by atoms with Crippen LogP contribution in [-0.4, -0.2) is 23.5 Å². The van der Waals surface area contributed by atoms with Crippen molar-refractivity contribution < 1.29 is 4.42 Å². The quantitative estimate of drug-likeness (QED) is 0.902. The zero-order valence-electron chi connectivity index (χ0n) is 11.0. The van der Waals surface area contributed by atoms with Crippen molar-refractivity contribution in [3.8, 4) is 0 Å². The molecule has 18 heavy (non-hydrogen) atoms. The Morgan fingerprint density at radius 1 is 1.44 bits per heavy atom. The van der Waals surface area contributed by atoms with Gasteiger partial charge in [-0.2, -0.15) is 0 Å². The number of furan rings is 1. The van der Waals surface area contributed by atoms with Gasteiger partial charge in [0.1, 0.15) is 11.5 Å². The molecular weight excluding hydrogens is 246 g/mol. The molecular formula is C13H19N3OS. The highest BCUT2D eigenvalue weighted by Gasteiger charge is 2.19. The van der Waals surface area contributed by atoms with Gasteiger partial charge in [0, 0.05) is 18.5 Å². The normalized spacial score (nSPS) is 13.2. The minimum atomic E-state index is 0.0979. The van der Waals surface area contributed by atoms with Crippen LogP contribution in [0.3, 0.4) is 0 Å². The van der Waals surface area contributed by atoms with E-state index in [1.54, 1.807) is 11.3 Å². The first-order chi connectivity index (χ1) is 8.60. The molecule has 2 aromatic rings. The molecule has 0 aliphatic carbocycles. The summed E-state index contributed by atoms with van der Waals surface area (Å²) in [5.74, 6) is 1.84. The predicted molar refractivity (Wildman–Crippen MR) is 73.6 cm³/mol. The van der Waals surface area contributed by atoms with E-state index in [2.05, 4.69) is 15.3 Å². The van der Waals surface area contributed by atoms with Crippen LogP contribution in [0, 0.1) is 13.8 Å². The Labute approximate surface area is 111 Å². The Morgan fingerprint density at radius 3 is 2.72 bits per heavy atom. The molecule has 0 aliphatic heterocycles. The topological polar surface area (TPSA) is 55.3 Å². The van der Waals surface area contributed by atoms with E-state index < -0.39 is 0 Å². The van der Waals surface area contributed by atoms with Crippen LogP contribution in [0.4, 0.5) is 0 Å². The fraction of sp³-hybridized carbons (Fsp3) is 0.462. The van der Waals surface area contributed by atoms with Crippen LogP contribution in [0.25, 0.3) is 0 Å². The van der Waals surface area contributed by atoms with E-state index in [-0.39, 0.29) is 6.04 Å². The number of likely N-dealkylation sites (N-methyl/N-ethyl adjacent to an activating group) is 1. The zero-order valence-corrected chi connectivity index (χ0v) is 11.8. The van der Waals surface area contributed by atoms with Crippen molar-refractivity contribution in [1.29, 1.82) is 0 Å². The number of nitrogens with two attached hydrogens (primary N) is 1. The van der Waals surface area contributed by atoms with Crippen molar-refractivity contribution in [2.24, 2.45) is 5.73 Å². The third-order valence-electron chi connectivity index (χ3n) is 2.92. The Kier molecular flexibility index (Phi) is 4.16. The number of hydrogen-bond acceptors (Lipinski definition) is 5. The molecule has 1 atom stereocenters. The summed E-state index contributed by atoms with van der Waals surface area (Å²) < 4.78 is 5.66. The first-order valence-corrected chi connectivity index (χ1v) is 6.85. The Hall–Kier alpha value is -1.17. The van der Waals surface area contributed by atoms with E-state index >= 15 is 0 Å². The van der Waals surface area contributed by atoms with Gasteiger partial charge in [-0.15, -0.1) is 11.3 Å². The predicted octanol–water partition coefficient (Wildman–Crippen LogP) is 2.48. The second-order valence-electron chi connectivity index (χ2n) is 4.47. The molecule has 0 amide bonds. The summed E-state index contributed by atoms with van der Waals surface area (Å²) in [6.07, 6.45) is 0. The molecule has 0 saturated carbocycles. The number of aryl methyl sites for hydroxylation is 2. The third kappa shape index (κ3) is 2.98. The van der Waals surface area contributed by atoms with Crippen molar-refractivity contribution >= 4 is 11.3 Å². The molecule has 4 nitrogen and oxygen atoms in total. The van der Waals surface area contributed by atoms with Gasteiger partial charge in [0.05, 0.1) is 16.7 Å². The highest BCUT2D eigenvalue weighted by molar-refractivity contribution is 7.09. The molecule has 0 spiro atoms. The smallest absolute Gasteiger partial charge is 0.122 e. The largest absolute Gasteiger partial charge is 0.465 e. The lowest BCUT2D eigenvalue weighted by Gasteiger charge is -2.24. The molecule has 0 aliphatic rings. The van der Waals surface area contributed by atoms with Crippen LogP contribution >= 0.6 is 11.3 Å². The van der Waals surface area contributed by atoms with Crippen LogP contribution in [0.1, 0.15) is 28.3 Å². The molecule has 2 heterocycles. The number of rotatable bonds is 5. The second kappa shape index (κ2) is 5.65. The van der Waals surface area contributed by atoms with Gasteiger partial charge in [0.25, 0.3) is 0 Å². The van der Waals surface area contributed by atoms with Gasteiger partial charge in [0.2, 0.25) is 0 Å². The molecule has 0 radical (unpaired) electrons. The zero-order chi connectivity index (χ0) is 13.1. The summed E-state index contributed by atoms with van der Waals surface area (Å²) in [5, 5.41) is 3.18. The number of thiazole rings is 1. The van der Waals surface area contributed by atoms with Crippen LogP contribution < -0.4 is 5.73 Å². The van der Waals surface area contributed by atoms with Crippen LogP contribution in [0.15, 0.2) is 21.9 Å². The SMILES string of the molecule is Cc1ccc(C(CN)N(C)Cc2csc(C)n2)o1. The molecule has 0 aromatic carbocycles. The average Bonchev–Trinajstić information content (AvgIpc) is 2.89. The molecule has 2 rings (SSSR count). The fourth-order valence-electron chi connectivity index (χ4n) is 1.99. The summed E-state index contributed by atoms with van der Waals surface area (Å²) in [5.41, 5.74) is 6.94. The molecule has 5 heteroatoms. The minimum Gasteiger partial charge on any atom is -0.465 e. The van der Waals surface area contributed by atoms with E-state index in [9.17, 15) is 0 Å². The van der Waals surface area contributed by atoms with Crippen LogP contribution in [0.2, 0.25) is 0 Å². The van der Waals surface area contributed by atoms with Crippen molar-refractivity contribution in [3.63, 3.8) is 0 Å². The van der Waals surface area contributed by atoms with Gasteiger partial charge in [-0.3, -0.25) is 4.90 Å². The highest BCUT2D eigenvalue weighted by atomic mass is 32.1. The first-order valence-electron chi connectivity index (χ1n) is 5.98. The van der Waals surface area contributed by atoms with E-state index in [0.717, 1.165) is 28.8 Å². The Bertz CT molecular complexity index is 506. The monoisotopic (exact) mass is 265 g/mol. The standard InChI is InChI=1S/C13H19N3OS/c1-9-4-5-13(17-9)12(6-14)16(3)7-11-8-18-10(2)15-11/h4-5,8,12H,6-7,14H2,1-3H3. The lowest BCUT2D eigenvalue weighted by molar-refractivity contribution is 0.209. The van der Waals surface area contributed by atoms with Gasteiger partial charge >= 0.3 is 0 Å². The lowest BCUT2D eigenvalue weighted by atomic mass is 10.2. The van der Waals surface area contributed by atoms with Crippen molar-refractivity contribution in [3.05, 3.63) is 39.7 Å². The molecule has 0 fully saturated rings. The van der Waals surface area contributed by atoms with Gasteiger partial charge in [0.15, 0.2) is 0 Å². The van der Waals surface area contributed by atoms with Crippen molar-refractivity contribution in [2.45, 2.75) is 26.4 Å². The van der Waals surface area contributed by atoms with Gasteiger partial charge in [-0.05, 0) is 33.0 Å². The van der Waals surface area contributed by atoms with E-state index in [4.69, 9.17) is 10.2 Å². The van der Waals surface area contributed by atoms with Crippen molar-refractivity contribution in [2.75, 3.05) is 13.6 Å². The summed E-state index contributed by atoms with van der Waals surface area (Å²) in [6.45, 7) is 5.28. The Morgan fingerprint density at radius 2 is 2.22 bits per heavy atom. The molecule has 0 bridgehead atoms. The van der Waals surface area contributed by atoms with Crippen molar-refractivity contribution in [1.82, 2.24) is 9.88 Å². The molecule has 98 valence electrons. The fourth-order valence-corrected chi connectivity index (χ4v) is 2.60. The molecule has 0 saturated heterocycles. The molecule has 2 aromatic heterocycles. The maximum absolute atomic E-state index is 5.85. The maximum Gasteiger partial charge on any atom is 0.122 e. The molecule has 2 N–H and O–H groups in total. The highest BCUT2D eigenvalue weighted by Crippen LogP contribution is 2.22. The Balaban J connectivity index is 2.08. The summed E-state index contributed by atoms with van der Waals surface area (Å²) in [6, 6.07) is 4.06. The number of hydrogen-bond donors (Lipinski definition) is 1. The van der Waals surface area contributed by atoms with Gasteiger partial charge < -0.3 is 10.2 Å². The summed E-state index contributed by atoms with van der Waals surface area (Å²) in [4.78, 5) is 6.65. The molecule has 1 unspecified atom stereocenters. The lowest BCUT2D eigenvalue weighted by Crippen LogP contribution is -2.30. The van der Waals surface area contributed by atoms with Crippen LogP contribution in [-0.2, 0) is 6.54 Å². The average molecular weight is 265 g/mol. The van der Waals surface area contributed by atoms with Gasteiger partial charge in [-0.1, -0.05) is 0 Å². The third-order valence-corrected chi connectivity index (χ3v) is 3.75. The van der Waals surface area contributed by atoms with E-state index in [0.29, 0.717) is 6.54 Å².